The number of hydrogen-bond acceptors (Lipinski definition) is 4. The van der Waals surface area contributed by atoms with E-state index in [1.54, 1.807) is 12.1 Å². The number of fused-ring (bicyclic) bond motifs is 1. The Hall–Kier alpha value is -3.15. The number of aromatic amines is 1. The lowest BCUT2D eigenvalue weighted by Crippen LogP contribution is -2.05. The van der Waals surface area contributed by atoms with Crippen molar-refractivity contribution in [3.05, 3.63) is 76.0 Å². The summed E-state index contributed by atoms with van der Waals surface area (Å²) in [6, 6.07) is 14.1. The summed E-state index contributed by atoms with van der Waals surface area (Å²) in [5.74, 6) is -0.266. The van der Waals surface area contributed by atoms with Crippen LogP contribution >= 0.6 is 0 Å². The number of para-hydroxylation sites is 1. The van der Waals surface area contributed by atoms with Crippen LogP contribution in [0, 0.1) is 10.1 Å². The number of hydrogen-bond donors (Lipinski definition) is 1. The predicted octanol–water partition coefficient (Wildman–Crippen LogP) is 4.14. The average molecular weight is 338 g/mol. The van der Waals surface area contributed by atoms with E-state index < -0.39 is 4.92 Å². The molecule has 0 aliphatic rings. The standard InChI is InChI=1S/C19H18N2O4/c22-19(25-13-14-8-10-16(11-9-14)21(23)24)7-3-4-15-12-20-18-6-2-1-5-17(15)18/h1-2,5-6,8-12,20H,3-4,7,13H2. The number of non-ortho nitro benzene ring substituents is 1. The van der Waals surface area contributed by atoms with Crippen LogP contribution in [0.4, 0.5) is 5.69 Å². The molecule has 1 heterocycles. The zero-order valence-corrected chi connectivity index (χ0v) is 13.6. The molecule has 0 spiro atoms. The van der Waals surface area contributed by atoms with Gasteiger partial charge in [0.25, 0.3) is 5.69 Å². The molecule has 1 N–H and O–H groups in total. The summed E-state index contributed by atoms with van der Waals surface area (Å²) in [5, 5.41) is 11.8. The van der Waals surface area contributed by atoms with Crippen LogP contribution in [0.15, 0.2) is 54.7 Å². The number of ether oxygens (including phenoxy) is 1. The molecule has 3 aromatic rings. The lowest BCUT2D eigenvalue weighted by molar-refractivity contribution is -0.384. The molecule has 0 saturated carbocycles. The van der Waals surface area contributed by atoms with Crippen molar-refractivity contribution in [2.24, 2.45) is 0 Å². The highest BCUT2D eigenvalue weighted by Crippen LogP contribution is 2.19. The van der Waals surface area contributed by atoms with Crippen LogP contribution in [0.5, 0.6) is 0 Å². The van der Waals surface area contributed by atoms with Gasteiger partial charge in [-0.1, -0.05) is 18.2 Å². The van der Waals surface area contributed by atoms with E-state index in [9.17, 15) is 14.9 Å². The van der Waals surface area contributed by atoms with E-state index in [0.717, 1.165) is 17.5 Å². The largest absolute Gasteiger partial charge is 0.461 e. The van der Waals surface area contributed by atoms with Crippen molar-refractivity contribution in [3.8, 4) is 0 Å². The maximum absolute atomic E-state index is 11.8. The highest BCUT2D eigenvalue weighted by Gasteiger charge is 2.08. The first-order chi connectivity index (χ1) is 12.1. The molecular formula is C19H18N2O4. The van der Waals surface area contributed by atoms with Gasteiger partial charge in [0.05, 0.1) is 4.92 Å². The van der Waals surface area contributed by atoms with Crippen LogP contribution in [0.25, 0.3) is 10.9 Å². The second-order valence-electron chi connectivity index (χ2n) is 5.80. The molecule has 128 valence electrons. The number of carbonyl (C=O) groups excluding carboxylic acids is 1. The van der Waals surface area contributed by atoms with Crippen LogP contribution in [-0.4, -0.2) is 15.9 Å². The number of nitro groups is 1. The van der Waals surface area contributed by atoms with Crippen molar-refractivity contribution in [1.29, 1.82) is 0 Å². The molecule has 3 rings (SSSR count). The van der Waals surface area contributed by atoms with Crippen molar-refractivity contribution in [3.63, 3.8) is 0 Å². The molecule has 0 unspecified atom stereocenters. The third-order valence-corrected chi connectivity index (χ3v) is 4.05. The summed E-state index contributed by atoms with van der Waals surface area (Å²) in [4.78, 5) is 25.2. The van der Waals surface area contributed by atoms with Crippen LogP contribution in [-0.2, 0) is 22.6 Å². The molecule has 0 aliphatic heterocycles. The summed E-state index contributed by atoms with van der Waals surface area (Å²) in [5.41, 5.74) is 3.04. The number of carbonyl (C=O) groups is 1. The molecule has 25 heavy (non-hydrogen) atoms. The Balaban J connectivity index is 1.44. The Labute approximate surface area is 144 Å². The van der Waals surface area contributed by atoms with Gasteiger partial charge in [-0.2, -0.15) is 0 Å². The summed E-state index contributed by atoms with van der Waals surface area (Å²) >= 11 is 0. The minimum Gasteiger partial charge on any atom is -0.461 e. The van der Waals surface area contributed by atoms with Crippen molar-refractivity contribution in [2.45, 2.75) is 25.9 Å². The van der Waals surface area contributed by atoms with E-state index in [1.807, 2.05) is 24.4 Å². The highest BCUT2D eigenvalue weighted by molar-refractivity contribution is 5.83. The first-order valence-corrected chi connectivity index (χ1v) is 8.07. The van der Waals surface area contributed by atoms with Crippen molar-refractivity contribution < 1.29 is 14.5 Å². The van der Waals surface area contributed by atoms with Gasteiger partial charge in [0.2, 0.25) is 0 Å². The lowest BCUT2D eigenvalue weighted by Gasteiger charge is -2.05. The smallest absolute Gasteiger partial charge is 0.306 e. The Bertz CT molecular complexity index is 884. The second kappa shape index (κ2) is 7.61. The zero-order valence-electron chi connectivity index (χ0n) is 13.6. The van der Waals surface area contributed by atoms with Gasteiger partial charge < -0.3 is 9.72 Å². The van der Waals surface area contributed by atoms with Crippen LogP contribution in [0.2, 0.25) is 0 Å². The van der Waals surface area contributed by atoms with Gasteiger partial charge in [0.15, 0.2) is 0 Å². The van der Waals surface area contributed by atoms with Gasteiger partial charge in [-0.05, 0) is 42.2 Å². The first kappa shape index (κ1) is 16.7. The molecule has 1 aromatic heterocycles. The van der Waals surface area contributed by atoms with E-state index in [0.29, 0.717) is 12.8 Å². The Morgan fingerprint density at radius 2 is 1.88 bits per heavy atom. The van der Waals surface area contributed by atoms with E-state index >= 15 is 0 Å². The van der Waals surface area contributed by atoms with E-state index in [2.05, 4.69) is 11.1 Å². The number of benzene rings is 2. The molecular weight excluding hydrogens is 320 g/mol. The van der Waals surface area contributed by atoms with Crippen molar-refractivity contribution in [2.75, 3.05) is 0 Å². The molecule has 0 saturated heterocycles. The first-order valence-electron chi connectivity index (χ1n) is 8.07. The van der Waals surface area contributed by atoms with Gasteiger partial charge >= 0.3 is 5.97 Å². The molecule has 0 atom stereocenters. The molecule has 0 aliphatic carbocycles. The normalized spacial score (nSPS) is 10.7. The number of nitrogens with zero attached hydrogens (tertiary/aromatic N) is 1. The quantitative estimate of drug-likeness (QED) is 0.398. The fourth-order valence-electron chi connectivity index (χ4n) is 2.71. The minimum atomic E-state index is -0.458. The monoisotopic (exact) mass is 338 g/mol. The maximum Gasteiger partial charge on any atom is 0.306 e. The molecule has 2 aromatic carbocycles. The summed E-state index contributed by atoms with van der Waals surface area (Å²) in [6.07, 6.45) is 3.83. The molecule has 0 bridgehead atoms. The average Bonchev–Trinajstić information content (AvgIpc) is 3.04. The fourth-order valence-corrected chi connectivity index (χ4v) is 2.71. The van der Waals surface area contributed by atoms with E-state index in [4.69, 9.17) is 4.74 Å². The third kappa shape index (κ3) is 4.23. The van der Waals surface area contributed by atoms with Gasteiger partial charge in [-0.3, -0.25) is 14.9 Å². The molecule has 6 nitrogen and oxygen atoms in total. The van der Waals surface area contributed by atoms with Crippen molar-refractivity contribution >= 4 is 22.6 Å². The summed E-state index contributed by atoms with van der Waals surface area (Å²) < 4.78 is 5.22. The van der Waals surface area contributed by atoms with Crippen LogP contribution in [0.3, 0.4) is 0 Å². The van der Waals surface area contributed by atoms with Crippen LogP contribution < -0.4 is 0 Å². The predicted molar refractivity (Wildman–Crippen MR) is 94.1 cm³/mol. The number of esters is 1. The van der Waals surface area contributed by atoms with Crippen LogP contribution in [0.1, 0.15) is 24.0 Å². The second-order valence-corrected chi connectivity index (χ2v) is 5.80. The highest BCUT2D eigenvalue weighted by atomic mass is 16.6. The lowest BCUT2D eigenvalue weighted by atomic mass is 10.1. The number of H-pyrrole nitrogens is 1. The maximum atomic E-state index is 11.8. The SMILES string of the molecule is O=C(CCCc1c[nH]c2ccccc12)OCc1ccc([N+](=O)[O-])cc1. The Morgan fingerprint density at radius 3 is 2.64 bits per heavy atom. The third-order valence-electron chi connectivity index (χ3n) is 4.05. The number of nitrogens with one attached hydrogen (secondary N) is 1. The molecule has 6 heteroatoms. The topological polar surface area (TPSA) is 85.2 Å². The number of aryl methyl sites for hydroxylation is 1. The van der Waals surface area contributed by atoms with Gasteiger partial charge in [-0.15, -0.1) is 0 Å². The fraction of sp³-hybridized carbons (Fsp3) is 0.211. The molecule has 0 amide bonds. The van der Waals surface area contributed by atoms with Crippen molar-refractivity contribution in [1.82, 2.24) is 4.98 Å². The summed E-state index contributed by atoms with van der Waals surface area (Å²) in [7, 11) is 0. The Kier molecular flexibility index (Phi) is 5.09. The molecule has 0 radical (unpaired) electrons. The number of rotatable bonds is 7. The molecule has 0 fully saturated rings. The minimum absolute atomic E-state index is 0.0220. The number of nitro benzene ring substituents is 1. The van der Waals surface area contributed by atoms with Gasteiger partial charge in [0.1, 0.15) is 6.61 Å². The van der Waals surface area contributed by atoms with E-state index in [-0.39, 0.29) is 18.3 Å². The van der Waals surface area contributed by atoms with E-state index in [1.165, 1.54) is 23.1 Å². The summed E-state index contributed by atoms with van der Waals surface area (Å²) in [6.45, 7) is 0.129. The van der Waals surface area contributed by atoms with Gasteiger partial charge in [-0.25, -0.2) is 0 Å². The van der Waals surface area contributed by atoms with Gasteiger partial charge in [0, 0.05) is 35.7 Å². The Morgan fingerprint density at radius 1 is 1.12 bits per heavy atom. The zero-order chi connectivity index (χ0) is 17.6. The number of aromatic nitrogens is 1.